The number of allylic oxidation sites excluding steroid dienone is 4. The van der Waals surface area contributed by atoms with Crippen molar-refractivity contribution in [3.05, 3.63) is 47.1 Å². The van der Waals surface area contributed by atoms with E-state index in [2.05, 4.69) is 26.0 Å². The molecule has 0 aromatic rings. The summed E-state index contributed by atoms with van der Waals surface area (Å²) in [4.78, 5) is 13.7. The van der Waals surface area contributed by atoms with Gasteiger partial charge in [-0.05, 0) is 69.4 Å². The Balaban J connectivity index is 1.65. The summed E-state index contributed by atoms with van der Waals surface area (Å²) >= 11 is 0. The van der Waals surface area contributed by atoms with Crippen LogP contribution in [0.3, 0.4) is 0 Å². The lowest BCUT2D eigenvalue weighted by Crippen LogP contribution is -2.57. The minimum Gasteiger partial charge on any atom is -0.462 e. The van der Waals surface area contributed by atoms with Crippen molar-refractivity contribution < 1.29 is 34.3 Å². The molecule has 0 amide bonds. The lowest BCUT2D eigenvalue weighted by atomic mass is 9.71. The van der Waals surface area contributed by atoms with Gasteiger partial charge in [0.1, 0.15) is 29.8 Å². The number of esters is 1. The van der Waals surface area contributed by atoms with Gasteiger partial charge in [-0.2, -0.15) is 0 Å². The molecule has 2 bridgehead atoms. The molecule has 212 valence electrons. The predicted molar refractivity (Wildman–Crippen MR) is 145 cm³/mol. The summed E-state index contributed by atoms with van der Waals surface area (Å²) < 4.78 is 18.4. The molecule has 7 nitrogen and oxygen atoms in total. The monoisotopic (exact) mass is 530 g/mol. The van der Waals surface area contributed by atoms with Crippen LogP contribution in [0.5, 0.6) is 0 Å². The second-order valence-electron chi connectivity index (χ2n) is 12.1. The van der Waals surface area contributed by atoms with Gasteiger partial charge in [0.15, 0.2) is 0 Å². The maximum atomic E-state index is 13.7. The highest BCUT2D eigenvalue weighted by molar-refractivity contribution is 5.78. The third-order valence-corrected chi connectivity index (χ3v) is 8.87. The molecule has 0 radical (unpaired) electrons. The lowest BCUT2D eigenvalue weighted by molar-refractivity contribution is -0.177. The number of aliphatic hydroxyl groups excluding tert-OH is 2. The van der Waals surface area contributed by atoms with Crippen molar-refractivity contribution in [2.24, 2.45) is 17.8 Å². The number of rotatable bonds is 4. The van der Waals surface area contributed by atoms with E-state index in [9.17, 15) is 20.1 Å². The SMILES string of the molecule is CC1=C[C@H]2C(=O)O[C@@H]3CC(CC[C@H](C)[C@@H](C)O)O[C@H](C/C=C(\C)C[C@@H](C)/C=C/C=C4\CO[C@H]([C@@H]1O)[C@@]42O)C3. The molecule has 0 spiro atoms. The molecule has 2 saturated heterocycles. The van der Waals surface area contributed by atoms with Gasteiger partial charge in [-0.3, -0.25) is 4.79 Å². The highest BCUT2D eigenvalue weighted by Crippen LogP contribution is 2.45. The number of fused-ring (bicyclic) bond motifs is 2. The molecular weight excluding hydrogens is 484 g/mol. The van der Waals surface area contributed by atoms with Crippen molar-refractivity contribution in [2.75, 3.05) is 6.61 Å². The van der Waals surface area contributed by atoms with Crippen LogP contribution >= 0.6 is 0 Å². The van der Waals surface area contributed by atoms with E-state index >= 15 is 0 Å². The normalized spacial score (nSPS) is 43.4. The second kappa shape index (κ2) is 12.2. The fraction of sp³-hybridized carbons (Fsp3) is 0.710. The Morgan fingerprint density at radius 2 is 1.95 bits per heavy atom. The van der Waals surface area contributed by atoms with Gasteiger partial charge in [-0.1, -0.05) is 49.8 Å². The molecule has 3 aliphatic heterocycles. The Kier molecular flexibility index (Phi) is 9.36. The van der Waals surface area contributed by atoms with Gasteiger partial charge in [0.25, 0.3) is 0 Å². The zero-order valence-corrected chi connectivity index (χ0v) is 23.5. The van der Waals surface area contributed by atoms with E-state index in [0.717, 1.165) is 25.7 Å². The molecule has 3 heterocycles. The molecule has 4 rings (SSSR count). The maximum absolute atomic E-state index is 13.7. The molecule has 0 aromatic heterocycles. The van der Waals surface area contributed by atoms with Crippen molar-refractivity contribution in [1.82, 2.24) is 0 Å². The Morgan fingerprint density at radius 1 is 1.18 bits per heavy atom. The van der Waals surface area contributed by atoms with Crippen LogP contribution in [0, 0.1) is 17.8 Å². The summed E-state index contributed by atoms with van der Waals surface area (Å²) in [7, 11) is 0. The Bertz CT molecular complexity index is 979. The second-order valence-corrected chi connectivity index (χ2v) is 12.1. The fourth-order valence-corrected chi connectivity index (χ4v) is 6.25. The molecule has 3 N–H and O–H groups in total. The van der Waals surface area contributed by atoms with Crippen LogP contribution in [-0.2, 0) is 19.0 Å². The molecule has 0 saturated carbocycles. The minimum absolute atomic E-state index is 0.0752. The molecule has 0 aromatic carbocycles. The fourth-order valence-electron chi connectivity index (χ4n) is 6.25. The maximum Gasteiger partial charge on any atom is 0.316 e. The van der Waals surface area contributed by atoms with E-state index in [1.807, 2.05) is 26.0 Å². The number of aliphatic hydroxyl groups is 3. The standard InChI is InChI=1S/C31H46O7/c1-18-7-6-8-23-17-36-29-28(33)21(4)14-27(31(23,29)35)30(34)38-26-15-24(11-9-19(2)13-18)37-25(16-26)12-10-20(3)22(5)32/h6-9,14,18,20,22,24-29,32-33,35H,10-13,15-17H2,1-5H3/b7-6+,19-9+,23-8+/t18-,20-,22+,24+,25?,26-,27-,28+,29+,31+/m0/s1. The van der Waals surface area contributed by atoms with Gasteiger partial charge in [0.05, 0.1) is 24.9 Å². The number of hydrogen-bond acceptors (Lipinski definition) is 7. The van der Waals surface area contributed by atoms with Crippen LogP contribution in [0.1, 0.15) is 73.1 Å². The number of hydrogen-bond donors (Lipinski definition) is 3. The van der Waals surface area contributed by atoms with Crippen LogP contribution < -0.4 is 0 Å². The van der Waals surface area contributed by atoms with Crippen molar-refractivity contribution in [3.63, 3.8) is 0 Å². The Hall–Kier alpha value is -1.77. The Labute approximate surface area is 227 Å². The van der Waals surface area contributed by atoms with Crippen LogP contribution in [0.15, 0.2) is 47.1 Å². The van der Waals surface area contributed by atoms with Crippen LogP contribution in [0.2, 0.25) is 0 Å². The molecule has 1 aliphatic carbocycles. The van der Waals surface area contributed by atoms with E-state index in [0.29, 0.717) is 29.9 Å². The molecule has 10 atom stereocenters. The first-order valence-corrected chi connectivity index (χ1v) is 14.3. The first kappa shape index (κ1) is 29.2. The van der Waals surface area contributed by atoms with Gasteiger partial charge in [0.2, 0.25) is 0 Å². The summed E-state index contributed by atoms with van der Waals surface area (Å²) in [6.45, 7) is 10.0. The third-order valence-electron chi connectivity index (χ3n) is 8.87. The van der Waals surface area contributed by atoms with Gasteiger partial charge in [0, 0.05) is 12.8 Å². The summed E-state index contributed by atoms with van der Waals surface area (Å²) in [5.74, 6) is -1.03. The minimum atomic E-state index is -1.67. The zero-order valence-electron chi connectivity index (χ0n) is 23.5. The first-order valence-electron chi connectivity index (χ1n) is 14.3. The smallest absolute Gasteiger partial charge is 0.316 e. The van der Waals surface area contributed by atoms with Crippen molar-refractivity contribution in [1.29, 1.82) is 0 Å². The van der Waals surface area contributed by atoms with Crippen LogP contribution in [0.25, 0.3) is 0 Å². The van der Waals surface area contributed by atoms with Crippen molar-refractivity contribution >= 4 is 5.97 Å². The van der Waals surface area contributed by atoms with E-state index in [1.54, 1.807) is 13.0 Å². The topological polar surface area (TPSA) is 105 Å². The Morgan fingerprint density at radius 3 is 2.68 bits per heavy atom. The molecule has 2 fully saturated rings. The summed E-state index contributed by atoms with van der Waals surface area (Å²) in [5.41, 5.74) is 0.775. The number of ether oxygens (including phenoxy) is 3. The summed E-state index contributed by atoms with van der Waals surface area (Å²) in [5, 5.41) is 32.7. The summed E-state index contributed by atoms with van der Waals surface area (Å²) in [6, 6.07) is 0. The molecule has 7 heteroatoms. The van der Waals surface area contributed by atoms with E-state index in [-0.39, 0.29) is 36.9 Å². The number of carbonyl (C=O) groups excluding carboxylic acids is 1. The van der Waals surface area contributed by atoms with Crippen LogP contribution in [0.4, 0.5) is 0 Å². The van der Waals surface area contributed by atoms with Gasteiger partial charge in [-0.15, -0.1) is 0 Å². The average Bonchev–Trinajstić information content (AvgIpc) is 3.19. The van der Waals surface area contributed by atoms with Crippen LogP contribution in [-0.4, -0.2) is 70.1 Å². The average molecular weight is 531 g/mol. The quantitative estimate of drug-likeness (QED) is 0.370. The molecular formula is C31H46O7. The largest absolute Gasteiger partial charge is 0.462 e. The predicted octanol–water partition coefficient (Wildman–Crippen LogP) is 4.17. The van der Waals surface area contributed by atoms with E-state index in [1.165, 1.54) is 5.57 Å². The van der Waals surface area contributed by atoms with Gasteiger partial charge < -0.3 is 29.5 Å². The molecule has 1 unspecified atom stereocenters. The summed E-state index contributed by atoms with van der Waals surface area (Å²) in [6.07, 6.45) is 11.3. The molecule has 4 aliphatic rings. The van der Waals surface area contributed by atoms with Gasteiger partial charge in [-0.25, -0.2) is 0 Å². The first-order chi connectivity index (χ1) is 18.0. The van der Waals surface area contributed by atoms with E-state index < -0.39 is 29.7 Å². The zero-order chi connectivity index (χ0) is 27.6. The van der Waals surface area contributed by atoms with Crippen molar-refractivity contribution in [3.8, 4) is 0 Å². The van der Waals surface area contributed by atoms with E-state index in [4.69, 9.17) is 14.2 Å². The van der Waals surface area contributed by atoms with Gasteiger partial charge >= 0.3 is 5.97 Å². The molecule has 38 heavy (non-hydrogen) atoms. The number of carbonyl (C=O) groups is 1. The third kappa shape index (κ3) is 6.34. The van der Waals surface area contributed by atoms with Crippen molar-refractivity contribution in [2.45, 2.75) is 115 Å². The highest BCUT2D eigenvalue weighted by atomic mass is 16.6. The highest BCUT2D eigenvalue weighted by Gasteiger charge is 2.59. The lowest BCUT2D eigenvalue weighted by Gasteiger charge is -2.42.